The van der Waals surface area contributed by atoms with Crippen LogP contribution in [0.5, 0.6) is 11.5 Å². The lowest BCUT2D eigenvalue weighted by Gasteiger charge is -2.19. The van der Waals surface area contributed by atoms with E-state index in [-0.39, 0.29) is 5.91 Å². The molecule has 2 aliphatic heterocycles. The van der Waals surface area contributed by atoms with E-state index in [0.717, 1.165) is 30.2 Å². The summed E-state index contributed by atoms with van der Waals surface area (Å²) in [5, 5.41) is 0. The molecule has 0 spiro atoms. The molecule has 0 unspecified atom stereocenters. The zero-order valence-corrected chi connectivity index (χ0v) is 15.5. The Bertz CT molecular complexity index is 793. The van der Waals surface area contributed by atoms with Crippen LogP contribution in [-0.2, 0) is 11.2 Å². The van der Waals surface area contributed by atoms with Gasteiger partial charge < -0.3 is 20.1 Å². The van der Waals surface area contributed by atoms with Crippen molar-refractivity contribution in [3.8, 4) is 11.5 Å². The van der Waals surface area contributed by atoms with Crippen molar-refractivity contribution in [2.45, 2.75) is 18.8 Å². The maximum atomic E-state index is 12.8. The maximum Gasteiger partial charge on any atom is 0.222 e. The molecule has 0 radical (unpaired) electrons. The fraction of sp³-hybridized carbons (Fsp3) is 0.409. The predicted molar refractivity (Wildman–Crippen MR) is 104 cm³/mol. The second-order valence-electron chi connectivity index (χ2n) is 7.29. The van der Waals surface area contributed by atoms with Gasteiger partial charge in [0.2, 0.25) is 5.91 Å². The van der Waals surface area contributed by atoms with E-state index >= 15 is 0 Å². The molecule has 2 heterocycles. The van der Waals surface area contributed by atoms with E-state index < -0.39 is 0 Å². The van der Waals surface area contributed by atoms with Crippen molar-refractivity contribution in [2.75, 3.05) is 32.8 Å². The molecule has 5 nitrogen and oxygen atoms in total. The number of fused-ring (bicyclic) bond motifs is 1. The summed E-state index contributed by atoms with van der Waals surface area (Å²) in [4.78, 5) is 14.8. The SMILES string of the molecule is NC[C@@H]1CN(C(=O)CCc2ccc3c(c2)OCCO3)C[C@H]1c1ccccc1. The molecule has 0 aliphatic carbocycles. The van der Waals surface area contributed by atoms with Crippen molar-refractivity contribution in [3.05, 3.63) is 59.7 Å². The van der Waals surface area contributed by atoms with E-state index in [4.69, 9.17) is 15.2 Å². The molecule has 1 fully saturated rings. The van der Waals surface area contributed by atoms with Crippen molar-refractivity contribution in [3.63, 3.8) is 0 Å². The minimum absolute atomic E-state index is 0.196. The van der Waals surface area contributed by atoms with Gasteiger partial charge in [-0.2, -0.15) is 0 Å². The van der Waals surface area contributed by atoms with E-state index in [1.807, 2.05) is 29.2 Å². The van der Waals surface area contributed by atoms with Crippen LogP contribution in [0.4, 0.5) is 0 Å². The average Bonchev–Trinajstić information content (AvgIpc) is 3.17. The van der Waals surface area contributed by atoms with Gasteiger partial charge in [0.1, 0.15) is 13.2 Å². The van der Waals surface area contributed by atoms with Crippen molar-refractivity contribution >= 4 is 5.91 Å². The Balaban J connectivity index is 1.37. The monoisotopic (exact) mass is 366 g/mol. The van der Waals surface area contributed by atoms with Crippen molar-refractivity contribution < 1.29 is 14.3 Å². The van der Waals surface area contributed by atoms with Crippen molar-refractivity contribution in [1.29, 1.82) is 0 Å². The van der Waals surface area contributed by atoms with E-state index in [0.29, 0.717) is 44.4 Å². The molecule has 0 saturated carbocycles. The van der Waals surface area contributed by atoms with Crippen LogP contribution < -0.4 is 15.2 Å². The normalized spacial score (nSPS) is 21.3. The van der Waals surface area contributed by atoms with Crippen LogP contribution in [0.15, 0.2) is 48.5 Å². The number of likely N-dealkylation sites (tertiary alicyclic amines) is 1. The lowest BCUT2D eigenvalue weighted by atomic mass is 9.89. The van der Waals surface area contributed by atoms with Crippen LogP contribution in [-0.4, -0.2) is 43.7 Å². The molecule has 1 amide bonds. The molecule has 0 bridgehead atoms. The number of nitrogens with two attached hydrogens (primary N) is 1. The lowest BCUT2D eigenvalue weighted by Crippen LogP contribution is -2.30. The second-order valence-corrected chi connectivity index (χ2v) is 7.29. The van der Waals surface area contributed by atoms with Gasteiger partial charge in [0.25, 0.3) is 0 Å². The van der Waals surface area contributed by atoms with Gasteiger partial charge >= 0.3 is 0 Å². The summed E-state index contributed by atoms with van der Waals surface area (Å²) in [5.41, 5.74) is 8.36. The van der Waals surface area contributed by atoms with Gasteiger partial charge in [-0.1, -0.05) is 36.4 Å². The molecular formula is C22H26N2O3. The Morgan fingerprint density at radius 2 is 1.81 bits per heavy atom. The smallest absolute Gasteiger partial charge is 0.222 e. The van der Waals surface area contributed by atoms with Crippen molar-refractivity contribution in [1.82, 2.24) is 4.90 Å². The summed E-state index contributed by atoms with van der Waals surface area (Å²) in [6, 6.07) is 16.3. The highest BCUT2D eigenvalue weighted by Gasteiger charge is 2.34. The molecule has 4 rings (SSSR count). The number of rotatable bonds is 5. The van der Waals surface area contributed by atoms with Gasteiger partial charge in [-0.25, -0.2) is 0 Å². The van der Waals surface area contributed by atoms with Crippen molar-refractivity contribution in [2.24, 2.45) is 11.7 Å². The Hall–Kier alpha value is -2.53. The summed E-state index contributed by atoms with van der Waals surface area (Å²) in [5.74, 6) is 2.41. The number of hydrogen-bond acceptors (Lipinski definition) is 4. The van der Waals surface area contributed by atoms with E-state index in [1.54, 1.807) is 0 Å². The van der Waals surface area contributed by atoms with E-state index in [2.05, 4.69) is 24.3 Å². The van der Waals surface area contributed by atoms with Gasteiger partial charge in [-0.05, 0) is 42.1 Å². The van der Waals surface area contributed by atoms with Gasteiger partial charge in [0.05, 0.1) is 0 Å². The first-order valence-corrected chi connectivity index (χ1v) is 9.66. The number of ether oxygens (including phenoxy) is 2. The number of benzene rings is 2. The molecule has 2 aliphatic rings. The first kappa shape index (κ1) is 17.9. The van der Waals surface area contributed by atoms with Gasteiger partial charge in [-0.15, -0.1) is 0 Å². The molecule has 142 valence electrons. The predicted octanol–water partition coefficient (Wildman–Crippen LogP) is 2.59. The highest BCUT2D eigenvalue weighted by atomic mass is 16.6. The third kappa shape index (κ3) is 3.93. The lowest BCUT2D eigenvalue weighted by molar-refractivity contribution is -0.130. The van der Waals surface area contributed by atoms with Gasteiger partial charge in [-0.3, -0.25) is 4.79 Å². The molecule has 2 atom stereocenters. The summed E-state index contributed by atoms with van der Waals surface area (Å²) >= 11 is 0. The first-order valence-electron chi connectivity index (χ1n) is 9.66. The number of hydrogen-bond donors (Lipinski definition) is 1. The first-order chi connectivity index (χ1) is 13.2. The van der Waals surface area contributed by atoms with Crippen LogP contribution in [0.2, 0.25) is 0 Å². The fourth-order valence-electron chi connectivity index (χ4n) is 4.04. The molecule has 2 aromatic rings. The highest BCUT2D eigenvalue weighted by molar-refractivity contribution is 5.77. The maximum absolute atomic E-state index is 12.8. The van der Waals surface area contributed by atoms with Gasteiger partial charge in [0.15, 0.2) is 11.5 Å². The van der Waals surface area contributed by atoms with E-state index in [9.17, 15) is 4.79 Å². The van der Waals surface area contributed by atoms with Crippen LogP contribution in [0.1, 0.15) is 23.5 Å². The van der Waals surface area contributed by atoms with Crippen LogP contribution >= 0.6 is 0 Å². The van der Waals surface area contributed by atoms with Crippen LogP contribution in [0, 0.1) is 5.92 Å². The quantitative estimate of drug-likeness (QED) is 0.883. The standard InChI is InChI=1S/C22H26N2O3/c23-13-18-14-24(15-19(18)17-4-2-1-3-5-17)22(25)9-7-16-6-8-20-21(12-16)27-11-10-26-20/h1-6,8,12,18-19H,7,9-11,13-15,23H2/t18-,19+/m1/s1. The third-order valence-corrected chi connectivity index (χ3v) is 5.56. The third-order valence-electron chi connectivity index (χ3n) is 5.56. The molecule has 27 heavy (non-hydrogen) atoms. The van der Waals surface area contributed by atoms with Crippen LogP contribution in [0.25, 0.3) is 0 Å². The van der Waals surface area contributed by atoms with E-state index in [1.165, 1.54) is 5.56 Å². The highest BCUT2D eigenvalue weighted by Crippen LogP contribution is 2.33. The summed E-state index contributed by atoms with van der Waals surface area (Å²) in [6.45, 7) is 3.27. The second kappa shape index (κ2) is 8.01. The topological polar surface area (TPSA) is 64.8 Å². The molecular weight excluding hydrogens is 340 g/mol. The number of aryl methyl sites for hydroxylation is 1. The average molecular weight is 366 g/mol. The Morgan fingerprint density at radius 1 is 1.04 bits per heavy atom. The minimum Gasteiger partial charge on any atom is -0.486 e. The molecule has 1 saturated heterocycles. The number of carbonyl (C=O) groups excluding carboxylic acids is 1. The molecule has 2 aromatic carbocycles. The van der Waals surface area contributed by atoms with Crippen LogP contribution in [0.3, 0.4) is 0 Å². The number of carbonyl (C=O) groups is 1. The molecule has 2 N–H and O–H groups in total. The number of nitrogens with zero attached hydrogens (tertiary/aromatic N) is 1. The zero-order valence-electron chi connectivity index (χ0n) is 15.5. The number of amides is 1. The summed E-state index contributed by atoms with van der Waals surface area (Å²) in [7, 11) is 0. The molecule has 0 aromatic heterocycles. The fourth-order valence-corrected chi connectivity index (χ4v) is 4.04. The summed E-state index contributed by atoms with van der Waals surface area (Å²) in [6.07, 6.45) is 1.20. The minimum atomic E-state index is 0.196. The summed E-state index contributed by atoms with van der Waals surface area (Å²) < 4.78 is 11.2. The molecule has 5 heteroatoms. The zero-order chi connectivity index (χ0) is 18.6. The Labute approximate surface area is 160 Å². The largest absolute Gasteiger partial charge is 0.486 e. The van der Waals surface area contributed by atoms with Gasteiger partial charge in [0, 0.05) is 25.4 Å². The Morgan fingerprint density at radius 3 is 2.59 bits per heavy atom. The Kier molecular flexibility index (Phi) is 5.30.